The standard InChI is InChI=1S/C18H20N8O4S2/c1-9(19)7-31(27,28)13-6-5-10(11-3-2-4-12-15(11)25-18(20)24-12)14(16(13)32(21,29)30)17-22-8-23-26-17/h2-6,9H,7-8,19H2,1H3,(H3,20,24,25)(H2,21,29,30)/t9-/m1/s1. The second-order valence-electron chi connectivity index (χ2n) is 7.31. The number of fused-ring (bicyclic) bond motifs is 1. The second-order valence-corrected chi connectivity index (χ2v) is 10.8. The molecule has 1 aromatic heterocycles. The van der Waals surface area contributed by atoms with Crippen LogP contribution in [-0.2, 0) is 19.9 Å². The molecule has 2 heterocycles. The van der Waals surface area contributed by atoms with Gasteiger partial charge in [-0.05, 0) is 24.6 Å². The number of nitrogen functional groups attached to an aromatic ring is 1. The van der Waals surface area contributed by atoms with Gasteiger partial charge < -0.3 is 16.5 Å². The van der Waals surface area contributed by atoms with Crippen LogP contribution in [0.1, 0.15) is 12.5 Å². The van der Waals surface area contributed by atoms with Crippen molar-refractivity contribution in [3.05, 3.63) is 35.9 Å². The number of aromatic amines is 1. The Hall–Kier alpha value is -3.20. The number of imidazole rings is 1. The molecule has 0 bridgehead atoms. The van der Waals surface area contributed by atoms with E-state index in [4.69, 9.17) is 16.6 Å². The largest absolute Gasteiger partial charge is 0.369 e. The van der Waals surface area contributed by atoms with E-state index in [1.54, 1.807) is 18.2 Å². The van der Waals surface area contributed by atoms with Crippen LogP contribution in [0.15, 0.2) is 55.3 Å². The normalized spacial score (nSPS) is 15.3. The zero-order chi connectivity index (χ0) is 23.3. The zero-order valence-corrected chi connectivity index (χ0v) is 18.5. The maximum atomic E-state index is 13.0. The van der Waals surface area contributed by atoms with Crippen LogP contribution in [0.5, 0.6) is 0 Å². The number of primary sulfonamides is 1. The first-order valence-corrected chi connectivity index (χ1v) is 12.5. The minimum Gasteiger partial charge on any atom is -0.369 e. The fraction of sp³-hybridized carbons (Fsp3) is 0.222. The number of benzene rings is 2. The molecule has 0 saturated heterocycles. The Morgan fingerprint density at radius 1 is 1.12 bits per heavy atom. The molecule has 4 rings (SSSR count). The monoisotopic (exact) mass is 476 g/mol. The Kier molecular flexibility index (Phi) is 5.32. The number of rotatable bonds is 6. The van der Waals surface area contributed by atoms with Crippen LogP contribution in [0.2, 0.25) is 0 Å². The van der Waals surface area contributed by atoms with Crippen molar-refractivity contribution in [2.24, 2.45) is 26.1 Å². The Morgan fingerprint density at radius 3 is 2.50 bits per heavy atom. The van der Waals surface area contributed by atoms with Gasteiger partial charge in [-0.25, -0.2) is 32.0 Å². The molecular weight excluding hydrogens is 456 g/mol. The van der Waals surface area contributed by atoms with Crippen LogP contribution in [0, 0.1) is 0 Å². The summed E-state index contributed by atoms with van der Waals surface area (Å²) in [6.07, 6.45) is 0. The Bertz CT molecular complexity index is 1510. The zero-order valence-electron chi connectivity index (χ0n) is 16.8. The molecule has 1 aliphatic heterocycles. The Balaban J connectivity index is 2.15. The van der Waals surface area contributed by atoms with Crippen LogP contribution >= 0.6 is 0 Å². The van der Waals surface area contributed by atoms with Crippen molar-refractivity contribution in [1.29, 1.82) is 0 Å². The number of azo groups is 1. The summed E-state index contributed by atoms with van der Waals surface area (Å²) in [6, 6.07) is 7.08. The molecular formula is C18H20N8O4S2. The predicted octanol–water partition coefficient (Wildman–Crippen LogP) is 0.750. The number of amidine groups is 1. The van der Waals surface area contributed by atoms with Crippen LogP contribution < -0.4 is 16.6 Å². The van der Waals surface area contributed by atoms with Gasteiger partial charge in [-0.2, -0.15) is 5.11 Å². The fourth-order valence-electron chi connectivity index (χ4n) is 3.60. The molecule has 32 heavy (non-hydrogen) atoms. The van der Waals surface area contributed by atoms with Gasteiger partial charge >= 0.3 is 0 Å². The topological polar surface area (TPSA) is 212 Å². The lowest BCUT2D eigenvalue weighted by atomic mass is 9.97. The van der Waals surface area contributed by atoms with Gasteiger partial charge in [-0.1, -0.05) is 18.2 Å². The van der Waals surface area contributed by atoms with Crippen LogP contribution in [0.3, 0.4) is 0 Å². The third-order valence-electron chi connectivity index (χ3n) is 4.72. The maximum Gasteiger partial charge on any atom is 0.240 e. The smallest absolute Gasteiger partial charge is 0.240 e. The Labute approximate surface area is 183 Å². The molecule has 168 valence electrons. The number of sulfonamides is 1. The van der Waals surface area contributed by atoms with Crippen molar-refractivity contribution < 1.29 is 16.8 Å². The highest BCUT2D eigenvalue weighted by Gasteiger charge is 2.33. The van der Waals surface area contributed by atoms with Crippen molar-refractivity contribution in [1.82, 2.24) is 9.97 Å². The number of sulfone groups is 1. The highest BCUT2D eigenvalue weighted by molar-refractivity contribution is 7.93. The number of nitrogens with one attached hydrogen (secondary N) is 1. The van der Waals surface area contributed by atoms with E-state index < -0.39 is 41.4 Å². The fourth-order valence-corrected chi connectivity index (χ4v) is 6.69. The molecule has 0 spiro atoms. The van der Waals surface area contributed by atoms with E-state index in [9.17, 15) is 16.8 Å². The Morgan fingerprint density at radius 2 is 1.88 bits per heavy atom. The molecule has 3 aromatic rings. The van der Waals surface area contributed by atoms with Crippen LogP contribution in [0.4, 0.5) is 5.95 Å². The van der Waals surface area contributed by atoms with Crippen molar-refractivity contribution in [3.63, 3.8) is 0 Å². The summed E-state index contributed by atoms with van der Waals surface area (Å²) < 4.78 is 51.5. The lowest BCUT2D eigenvalue weighted by Crippen LogP contribution is -2.28. The molecule has 1 atom stereocenters. The third kappa shape index (κ3) is 3.88. The summed E-state index contributed by atoms with van der Waals surface area (Å²) in [5, 5.41) is 13.2. The number of hydrogen-bond donors (Lipinski definition) is 4. The van der Waals surface area contributed by atoms with E-state index in [-0.39, 0.29) is 24.0 Å². The van der Waals surface area contributed by atoms with E-state index >= 15 is 0 Å². The molecule has 14 heteroatoms. The average Bonchev–Trinajstić information content (AvgIpc) is 3.33. The summed E-state index contributed by atoms with van der Waals surface area (Å²) in [5.41, 5.74) is 13.2. The van der Waals surface area contributed by atoms with Gasteiger partial charge in [0.2, 0.25) is 10.0 Å². The average molecular weight is 477 g/mol. The van der Waals surface area contributed by atoms with Gasteiger partial charge in [0.05, 0.1) is 27.2 Å². The minimum atomic E-state index is -4.55. The van der Waals surface area contributed by atoms with Gasteiger partial charge in [-0.3, -0.25) is 0 Å². The van der Waals surface area contributed by atoms with Crippen molar-refractivity contribution in [2.75, 3.05) is 18.2 Å². The number of nitrogens with zero attached hydrogens (tertiary/aromatic N) is 4. The van der Waals surface area contributed by atoms with E-state index in [1.165, 1.54) is 19.1 Å². The van der Waals surface area contributed by atoms with E-state index in [0.29, 0.717) is 22.2 Å². The molecule has 0 unspecified atom stereocenters. The maximum absolute atomic E-state index is 13.0. The van der Waals surface area contributed by atoms with Gasteiger partial charge in [0.15, 0.2) is 28.3 Å². The van der Waals surface area contributed by atoms with Gasteiger partial charge in [-0.15, -0.1) is 5.11 Å². The summed E-state index contributed by atoms with van der Waals surface area (Å²) in [6.45, 7) is 1.47. The number of anilines is 1. The molecule has 0 aliphatic carbocycles. The predicted molar refractivity (Wildman–Crippen MR) is 119 cm³/mol. The number of para-hydroxylation sites is 1. The molecule has 12 nitrogen and oxygen atoms in total. The van der Waals surface area contributed by atoms with Crippen molar-refractivity contribution >= 4 is 42.7 Å². The highest BCUT2D eigenvalue weighted by Crippen LogP contribution is 2.37. The lowest BCUT2D eigenvalue weighted by Gasteiger charge is -2.17. The lowest BCUT2D eigenvalue weighted by molar-refractivity contribution is 0.579. The number of nitrogens with two attached hydrogens (primary N) is 3. The van der Waals surface area contributed by atoms with E-state index in [0.717, 1.165) is 0 Å². The van der Waals surface area contributed by atoms with E-state index in [2.05, 4.69) is 25.2 Å². The molecule has 0 amide bonds. The first-order valence-electron chi connectivity index (χ1n) is 9.34. The number of H-pyrrole nitrogens is 1. The van der Waals surface area contributed by atoms with Gasteiger partial charge in [0.25, 0.3) is 0 Å². The van der Waals surface area contributed by atoms with E-state index in [1.807, 2.05) is 0 Å². The minimum absolute atomic E-state index is 0.0325. The van der Waals surface area contributed by atoms with Crippen LogP contribution in [-0.4, -0.2) is 51.1 Å². The second kappa shape index (κ2) is 7.74. The number of aromatic nitrogens is 2. The van der Waals surface area contributed by atoms with Gasteiger partial charge in [0, 0.05) is 11.6 Å². The SMILES string of the molecule is C[C@@H](N)CS(=O)(=O)c1ccc(-c2cccc3[nH]c(N)nc23)c(C2=NCN=N2)c1S(N)(=O)=O. The van der Waals surface area contributed by atoms with Gasteiger partial charge in [0.1, 0.15) is 4.90 Å². The molecule has 0 fully saturated rings. The molecule has 1 aliphatic rings. The summed E-state index contributed by atoms with van der Waals surface area (Å²) >= 11 is 0. The first-order chi connectivity index (χ1) is 15.0. The highest BCUT2D eigenvalue weighted by atomic mass is 32.2. The van der Waals surface area contributed by atoms with Crippen molar-refractivity contribution in [3.8, 4) is 11.1 Å². The van der Waals surface area contributed by atoms with Crippen LogP contribution in [0.25, 0.3) is 22.2 Å². The molecule has 0 radical (unpaired) electrons. The summed E-state index contributed by atoms with van der Waals surface area (Å²) in [5.74, 6) is -0.370. The third-order valence-corrected chi connectivity index (χ3v) is 7.81. The first kappa shape index (κ1) is 22.0. The molecule has 7 N–H and O–H groups in total. The molecule has 2 aromatic carbocycles. The summed E-state index contributed by atoms with van der Waals surface area (Å²) in [4.78, 5) is 10.2. The number of aliphatic imine (C=N–C) groups is 1. The summed E-state index contributed by atoms with van der Waals surface area (Å²) in [7, 11) is -8.67. The van der Waals surface area contributed by atoms with Crippen molar-refractivity contribution in [2.45, 2.75) is 22.8 Å². The number of hydrogen-bond acceptors (Lipinski definition) is 10. The quantitative estimate of drug-likeness (QED) is 0.400. The molecule has 0 saturated carbocycles.